The maximum absolute atomic E-state index is 13.7. The highest BCUT2D eigenvalue weighted by Gasteiger charge is 2.48. The number of hydrogen-bond acceptors (Lipinski definition) is 4. The first-order valence-electron chi connectivity index (χ1n) is 15.1. The summed E-state index contributed by atoms with van der Waals surface area (Å²) in [6.07, 6.45) is 10.6. The minimum Gasteiger partial charge on any atom is -0.450 e. The zero-order chi connectivity index (χ0) is 26.0. The Labute approximate surface area is 223 Å². The van der Waals surface area contributed by atoms with Crippen molar-refractivity contribution in [3.63, 3.8) is 0 Å². The predicted octanol–water partition coefficient (Wildman–Crippen LogP) is 5.73. The summed E-state index contributed by atoms with van der Waals surface area (Å²) < 4.78 is 5.37. The average Bonchev–Trinajstić information content (AvgIpc) is 3.18. The van der Waals surface area contributed by atoms with Gasteiger partial charge in [0.1, 0.15) is 0 Å². The number of carbonyl (C=O) groups excluding carboxylic acids is 2. The maximum Gasteiger partial charge on any atom is 0.410 e. The van der Waals surface area contributed by atoms with E-state index < -0.39 is 0 Å². The molecule has 2 unspecified atom stereocenters. The van der Waals surface area contributed by atoms with Gasteiger partial charge in [-0.05, 0) is 82.5 Å². The van der Waals surface area contributed by atoms with Crippen molar-refractivity contribution in [2.75, 3.05) is 26.2 Å². The van der Waals surface area contributed by atoms with Crippen LogP contribution in [0.1, 0.15) is 96.1 Å². The number of carbonyl (C=O) groups is 2. The summed E-state index contributed by atoms with van der Waals surface area (Å²) in [6, 6.07) is 10.1. The highest BCUT2D eigenvalue weighted by molar-refractivity contribution is 5.79. The molecule has 37 heavy (non-hydrogen) atoms. The molecule has 6 nitrogen and oxygen atoms in total. The molecule has 1 aromatic rings. The molecule has 1 aromatic carbocycles. The Kier molecular flexibility index (Phi) is 8.13. The van der Waals surface area contributed by atoms with Crippen LogP contribution in [0.15, 0.2) is 24.3 Å². The van der Waals surface area contributed by atoms with Crippen LogP contribution in [0, 0.1) is 5.92 Å². The fourth-order valence-electron chi connectivity index (χ4n) is 8.08. The van der Waals surface area contributed by atoms with E-state index in [0.717, 1.165) is 90.4 Å². The van der Waals surface area contributed by atoms with E-state index in [-0.39, 0.29) is 17.4 Å². The van der Waals surface area contributed by atoms with E-state index in [9.17, 15) is 9.59 Å². The Morgan fingerprint density at radius 3 is 2.24 bits per heavy atom. The van der Waals surface area contributed by atoms with Crippen LogP contribution in [0.2, 0.25) is 0 Å². The Hall–Kier alpha value is -2.08. The van der Waals surface area contributed by atoms with E-state index in [2.05, 4.69) is 52.8 Å². The quantitative estimate of drug-likeness (QED) is 0.471. The Morgan fingerprint density at radius 1 is 0.973 bits per heavy atom. The minimum absolute atomic E-state index is 0.0641. The van der Waals surface area contributed by atoms with Crippen LogP contribution in [0.5, 0.6) is 0 Å². The second-order valence-electron chi connectivity index (χ2n) is 12.1. The van der Waals surface area contributed by atoms with Gasteiger partial charge in [0.25, 0.3) is 0 Å². The summed E-state index contributed by atoms with van der Waals surface area (Å²) in [5.74, 6) is 0.542. The van der Waals surface area contributed by atoms with Crippen molar-refractivity contribution in [3.8, 4) is 0 Å². The summed E-state index contributed by atoms with van der Waals surface area (Å²) in [5.41, 5.74) is 2.90. The van der Waals surface area contributed by atoms with Crippen molar-refractivity contribution in [2.45, 2.75) is 115 Å². The molecule has 2 bridgehead atoms. The monoisotopic (exact) mass is 509 g/mol. The fraction of sp³-hybridized carbons (Fsp3) is 0.742. The number of rotatable bonds is 7. The Balaban J connectivity index is 1.28. The first-order valence-corrected chi connectivity index (χ1v) is 15.1. The van der Waals surface area contributed by atoms with Gasteiger partial charge in [-0.3, -0.25) is 4.79 Å². The number of amides is 2. The van der Waals surface area contributed by atoms with Crippen molar-refractivity contribution in [2.24, 2.45) is 5.92 Å². The summed E-state index contributed by atoms with van der Waals surface area (Å²) in [7, 11) is 0. The van der Waals surface area contributed by atoms with E-state index in [0.29, 0.717) is 30.6 Å². The second kappa shape index (κ2) is 11.3. The zero-order valence-corrected chi connectivity index (χ0v) is 23.3. The van der Waals surface area contributed by atoms with Gasteiger partial charge in [0.15, 0.2) is 0 Å². The molecule has 0 N–H and O–H groups in total. The molecular formula is C31H47N3O3. The van der Waals surface area contributed by atoms with Crippen LogP contribution in [0.4, 0.5) is 4.79 Å². The second-order valence-corrected chi connectivity index (χ2v) is 12.1. The molecule has 0 saturated carbocycles. The molecule has 2 atom stereocenters. The van der Waals surface area contributed by atoms with Gasteiger partial charge in [-0.1, -0.05) is 51.0 Å². The lowest BCUT2D eigenvalue weighted by Crippen LogP contribution is -2.58. The summed E-state index contributed by atoms with van der Waals surface area (Å²) in [5, 5.41) is 0. The highest BCUT2D eigenvalue weighted by Crippen LogP contribution is 2.45. The lowest BCUT2D eigenvalue weighted by atomic mass is 9.68. The third kappa shape index (κ3) is 5.15. The topological polar surface area (TPSA) is 53.1 Å². The molecule has 4 aliphatic heterocycles. The molecular weight excluding hydrogens is 462 g/mol. The van der Waals surface area contributed by atoms with E-state index in [1.165, 1.54) is 11.1 Å². The van der Waals surface area contributed by atoms with Crippen molar-refractivity contribution < 1.29 is 14.3 Å². The molecule has 2 amide bonds. The smallest absolute Gasteiger partial charge is 0.410 e. The number of benzene rings is 1. The highest BCUT2D eigenvalue weighted by atomic mass is 16.6. The van der Waals surface area contributed by atoms with Gasteiger partial charge in [0.05, 0.1) is 6.61 Å². The van der Waals surface area contributed by atoms with Crippen molar-refractivity contribution in [3.05, 3.63) is 35.4 Å². The average molecular weight is 510 g/mol. The number of piperidine rings is 2. The standard InChI is InChI=1S/C31H47N3O3/c1-4-9-23(10-5-2)29(35)33-21-24-11-7-8-12-28(24)31(22-33)15-17-32(18-16-31)27-19-25-13-14-26(20-27)34(25)30(36)37-6-3/h7-8,11-12,23,25-27H,4-6,9-10,13-22H2,1-3H3. The molecule has 0 aromatic heterocycles. The fourth-order valence-corrected chi connectivity index (χ4v) is 8.08. The van der Waals surface area contributed by atoms with Gasteiger partial charge in [0.2, 0.25) is 5.91 Å². The van der Waals surface area contributed by atoms with Gasteiger partial charge >= 0.3 is 6.09 Å². The molecule has 4 aliphatic rings. The third-order valence-corrected chi connectivity index (χ3v) is 9.84. The molecule has 3 fully saturated rings. The van der Waals surface area contributed by atoms with Crippen LogP contribution in [-0.2, 0) is 21.5 Å². The van der Waals surface area contributed by atoms with Crippen LogP contribution in [-0.4, -0.2) is 71.1 Å². The van der Waals surface area contributed by atoms with Crippen LogP contribution in [0.25, 0.3) is 0 Å². The molecule has 6 heteroatoms. The molecule has 5 rings (SSSR count). The van der Waals surface area contributed by atoms with Gasteiger partial charge < -0.3 is 19.4 Å². The minimum atomic E-state index is -0.112. The molecule has 3 saturated heterocycles. The number of likely N-dealkylation sites (tertiary alicyclic amines) is 1. The van der Waals surface area contributed by atoms with Crippen molar-refractivity contribution in [1.29, 1.82) is 0 Å². The van der Waals surface area contributed by atoms with E-state index in [4.69, 9.17) is 4.74 Å². The summed E-state index contributed by atoms with van der Waals surface area (Å²) >= 11 is 0. The largest absolute Gasteiger partial charge is 0.450 e. The van der Waals surface area contributed by atoms with Crippen LogP contribution < -0.4 is 0 Å². The maximum atomic E-state index is 13.7. The van der Waals surface area contributed by atoms with E-state index in [1.54, 1.807) is 0 Å². The third-order valence-electron chi connectivity index (χ3n) is 9.84. The van der Waals surface area contributed by atoms with Crippen LogP contribution in [0.3, 0.4) is 0 Å². The van der Waals surface area contributed by atoms with Crippen molar-refractivity contribution >= 4 is 12.0 Å². The molecule has 0 radical (unpaired) electrons. The first kappa shape index (κ1) is 26.5. The summed E-state index contributed by atoms with van der Waals surface area (Å²) in [4.78, 5) is 33.2. The lowest BCUT2D eigenvalue weighted by Gasteiger charge is -2.51. The zero-order valence-electron chi connectivity index (χ0n) is 23.3. The van der Waals surface area contributed by atoms with E-state index >= 15 is 0 Å². The molecule has 4 heterocycles. The molecule has 1 spiro atoms. The SMILES string of the molecule is CCCC(CCC)C(=O)N1Cc2ccccc2C2(CCN(C3CC4CCC(C3)N4C(=O)OCC)CC2)C1. The Morgan fingerprint density at radius 2 is 1.62 bits per heavy atom. The first-order chi connectivity index (χ1) is 18.0. The van der Waals surface area contributed by atoms with Gasteiger partial charge in [0, 0.05) is 42.5 Å². The predicted molar refractivity (Wildman–Crippen MR) is 146 cm³/mol. The number of fused-ring (bicyclic) bond motifs is 4. The lowest BCUT2D eigenvalue weighted by molar-refractivity contribution is -0.138. The molecule has 204 valence electrons. The Bertz CT molecular complexity index is 937. The molecule has 0 aliphatic carbocycles. The van der Waals surface area contributed by atoms with E-state index in [1.807, 2.05) is 6.92 Å². The normalized spacial score (nSPS) is 27.0. The number of ether oxygens (including phenoxy) is 1. The van der Waals surface area contributed by atoms with Crippen molar-refractivity contribution in [1.82, 2.24) is 14.7 Å². The van der Waals surface area contributed by atoms with Crippen LogP contribution >= 0.6 is 0 Å². The van der Waals surface area contributed by atoms with Gasteiger partial charge in [-0.2, -0.15) is 0 Å². The van der Waals surface area contributed by atoms with Gasteiger partial charge in [-0.15, -0.1) is 0 Å². The summed E-state index contributed by atoms with van der Waals surface area (Å²) in [6.45, 7) is 10.5. The number of hydrogen-bond donors (Lipinski definition) is 0. The number of nitrogens with zero attached hydrogens (tertiary/aromatic N) is 3. The van der Waals surface area contributed by atoms with Gasteiger partial charge in [-0.25, -0.2) is 4.79 Å².